The molecule has 0 bridgehead atoms. The number of para-hydroxylation sites is 1. The van der Waals surface area contributed by atoms with Crippen molar-refractivity contribution in [2.45, 2.75) is 6.61 Å². The fourth-order valence-corrected chi connectivity index (χ4v) is 1.67. The molecule has 0 aliphatic heterocycles. The van der Waals surface area contributed by atoms with Crippen molar-refractivity contribution < 1.29 is 4.74 Å². The van der Waals surface area contributed by atoms with E-state index in [1.165, 1.54) is 0 Å². The van der Waals surface area contributed by atoms with Crippen LogP contribution in [0.25, 0.3) is 0 Å². The molecule has 0 aromatic heterocycles. The highest BCUT2D eigenvalue weighted by Crippen LogP contribution is 2.17. The van der Waals surface area contributed by atoms with Gasteiger partial charge in [-0.05, 0) is 29.9 Å². The van der Waals surface area contributed by atoms with Crippen molar-refractivity contribution in [3.8, 4) is 5.75 Å². The van der Waals surface area contributed by atoms with E-state index in [4.69, 9.17) is 10.5 Å². The molecule has 2 aromatic carbocycles. The van der Waals surface area contributed by atoms with Crippen LogP contribution in [0.1, 0.15) is 11.1 Å². The van der Waals surface area contributed by atoms with Crippen LogP contribution in [-0.2, 0) is 6.61 Å². The van der Waals surface area contributed by atoms with Gasteiger partial charge in [-0.25, -0.2) is 0 Å². The molecule has 0 saturated heterocycles. The Balaban J connectivity index is 2.04. The Morgan fingerprint density at radius 1 is 1.15 bits per heavy atom. The van der Waals surface area contributed by atoms with Gasteiger partial charge in [-0.15, -0.1) is 0 Å². The van der Waals surface area contributed by atoms with E-state index >= 15 is 0 Å². The van der Waals surface area contributed by atoms with Gasteiger partial charge in [-0.2, -0.15) is 5.10 Å². The van der Waals surface area contributed by atoms with E-state index in [1.54, 1.807) is 6.21 Å². The van der Waals surface area contributed by atoms with Crippen molar-refractivity contribution in [3.63, 3.8) is 0 Å². The molecule has 20 heavy (non-hydrogen) atoms. The van der Waals surface area contributed by atoms with Crippen LogP contribution >= 0.6 is 12.2 Å². The summed E-state index contributed by atoms with van der Waals surface area (Å²) in [5, 5.41) is 4.06. The molecule has 2 rings (SSSR count). The van der Waals surface area contributed by atoms with Crippen molar-refractivity contribution in [2.75, 3.05) is 0 Å². The number of nitrogens with zero attached hydrogens (tertiary/aromatic N) is 1. The second-order valence-electron chi connectivity index (χ2n) is 4.05. The molecule has 0 aliphatic carbocycles. The van der Waals surface area contributed by atoms with Gasteiger partial charge in [0.05, 0.1) is 6.21 Å². The number of nitrogens with two attached hydrogens (primary N) is 1. The normalized spacial score (nSPS) is 10.4. The zero-order valence-electron chi connectivity index (χ0n) is 10.8. The third-order valence-electron chi connectivity index (χ3n) is 2.53. The van der Waals surface area contributed by atoms with Gasteiger partial charge < -0.3 is 10.5 Å². The Bertz CT molecular complexity index is 599. The Morgan fingerprint density at radius 3 is 2.60 bits per heavy atom. The van der Waals surface area contributed by atoms with E-state index in [0.717, 1.165) is 16.9 Å². The lowest BCUT2D eigenvalue weighted by molar-refractivity contribution is 0.306. The van der Waals surface area contributed by atoms with Gasteiger partial charge in [0.1, 0.15) is 12.4 Å². The summed E-state index contributed by atoms with van der Waals surface area (Å²) in [5.41, 5.74) is 9.79. The van der Waals surface area contributed by atoms with Crippen LogP contribution in [0.5, 0.6) is 5.75 Å². The summed E-state index contributed by atoms with van der Waals surface area (Å²) in [6, 6.07) is 17.6. The summed E-state index contributed by atoms with van der Waals surface area (Å²) < 4.78 is 5.80. The minimum atomic E-state index is 0.129. The molecule has 0 saturated carbocycles. The molecule has 0 spiro atoms. The third kappa shape index (κ3) is 4.37. The zero-order chi connectivity index (χ0) is 14.2. The Kier molecular flexibility index (Phi) is 5.08. The number of nitrogens with one attached hydrogen (secondary N) is 1. The van der Waals surface area contributed by atoms with Crippen LogP contribution in [0.15, 0.2) is 59.7 Å². The summed E-state index contributed by atoms with van der Waals surface area (Å²) in [6.45, 7) is 0.508. The minimum absolute atomic E-state index is 0.129. The molecule has 0 amide bonds. The number of ether oxygens (including phenoxy) is 1. The molecular weight excluding hydrogens is 270 g/mol. The molecule has 0 aliphatic rings. The highest BCUT2D eigenvalue weighted by molar-refractivity contribution is 7.80. The second kappa shape index (κ2) is 7.25. The largest absolute Gasteiger partial charge is 0.488 e. The van der Waals surface area contributed by atoms with Gasteiger partial charge >= 0.3 is 0 Å². The number of hydrogen-bond acceptors (Lipinski definition) is 3. The second-order valence-corrected chi connectivity index (χ2v) is 4.49. The van der Waals surface area contributed by atoms with Crippen LogP contribution in [0.4, 0.5) is 0 Å². The third-order valence-corrected chi connectivity index (χ3v) is 2.63. The average Bonchev–Trinajstić information content (AvgIpc) is 2.47. The van der Waals surface area contributed by atoms with Gasteiger partial charge in [0.15, 0.2) is 5.11 Å². The molecule has 0 radical (unpaired) electrons. The number of benzene rings is 2. The van der Waals surface area contributed by atoms with E-state index in [1.807, 2.05) is 54.6 Å². The number of rotatable bonds is 5. The summed E-state index contributed by atoms with van der Waals surface area (Å²) in [7, 11) is 0. The lowest BCUT2D eigenvalue weighted by Crippen LogP contribution is -2.24. The molecule has 5 heteroatoms. The Labute approximate surface area is 123 Å². The molecule has 102 valence electrons. The predicted octanol–water partition coefficient (Wildman–Crippen LogP) is 2.43. The molecular formula is C15H15N3OS. The van der Waals surface area contributed by atoms with Crippen molar-refractivity contribution in [3.05, 3.63) is 65.7 Å². The summed E-state index contributed by atoms with van der Waals surface area (Å²) in [6.07, 6.45) is 1.62. The quantitative estimate of drug-likeness (QED) is 0.503. The summed E-state index contributed by atoms with van der Waals surface area (Å²) >= 11 is 4.68. The predicted molar refractivity (Wildman–Crippen MR) is 84.7 cm³/mol. The molecule has 2 aromatic rings. The van der Waals surface area contributed by atoms with Crippen LogP contribution in [-0.4, -0.2) is 11.3 Å². The fourth-order valence-electron chi connectivity index (χ4n) is 1.62. The van der Waals surface area contributed by atoms with Gasteiger partial charge in [-0.3, -0.25) is 5.43 Å². The van der Waals surface area contributed by atoms with E-state index < -0.39 is 0 Å². The van der Waals surface area contributed by atoms with E-state index in [0.29, 0.717) is 6.61 Å². The minimum Gasteiger partial charge on any atom is -0.488 e. The van der Waals surface area contributed by atoms with Crippen molar-refractivity contribution in [1.29, 1.82) is 0 Å². The smallest absolute Gasteiger partial charge is 0.184 e. The zero-order valence-corrected chi connectivity index (χ0v) is 11.6. The first-order valence-electron chi connectivity index (χ1n) is 6.10. The molecule has 4 nitrogen and oxygen atoms in total. The van der Waals surface area contributed by atoms with Crippen LogP contribution in [0.3, 0.4) is 0 Å². The molecule has 0 heterocycles. The maximum Gasteiger partial charge on any atom is 0.184 e. The first-order chi connectivity index (χ1) is 9.75. The highest BCUT2D eigenvalue weighted by Gasteiger charge is 2.01. The maximum absolute atomic E-state index is 5.80. The van der Waals surface area contributed by atoms with Crippen LogP contribution < -0.4 is 15.9 Å². The fraction of sp³-hybridized carbons (Fsp3) is 0.0667. The van der Waals surface area contributed by atoms with Gasteiger partial charge in [0.2, 0.25) is 0 Å². The Morgan fingerprint density at radius 2 is 1.85 bits per heavy atom. The molecule has 0 unspecified atom stereocenters. The molecule has 3 N–H and O–H groups in total. The maximum atomic E-state index is 5.80. The van der Waals surface area contributed by atoms with E-state index in [-0.39, 0.29) is 5.11 Å². The van der Waals surface area contributed by atoms with E-state index in [9.17, 15) is 0 Å². The van der Waals surface area contributed by atoms with Gasteiger partial charge in [-0.1, -0.05) is 42.5 Å². The van der Waals surface area contributed by atoms with Crippen molar-refractivity contribution in [2.24, 2.45) is 10.8 Å². The van der Waals surface area contributed by atoms with Crippen molar-refractivity contribution in [1.82, 2.24) is 5.43 Å². The Hall–Kier alpha value is -2.40. The standard InChI is InChI=1S/C15H15N3OS/c16-15(20)18-17-10-13-8-4-5-9-14(13)19-11-12-6-2-1-3-7-12/h1-10H,11H2,(H3,16,18,20)/b17-10+. The van der Waals surface area contributed by atoms with Crippen LogP contribution in [0, 0.1) is 0 Å². The van der Waals surface area contributed by atoms with Gasteiger partial charge in [0.25, 0.3) is 0 Å². The van der Waals surface area contributed by atoms with E-state index in [2.05, 4.69) is 22.7 Å². The van der Waals surface area contributed by atoms with Crippen molar-refractivity contribution >= 4 is 23.5 Å². The number of hydrogen-bond donors (Lipinski definition) is 2. The number of hydrazone groups is 1. The monoisotopic (exact) mass is 285 g/mol. The first kappa shape index (κ1) is 14.0. The SMILES string of the molecule is NC(=S)N/N=C/c1ccccc1OCc1ccccc1. The number of thiocarbonyl (C=S) groups is 1. The lowest BCUT2D eigenvalue weighted by atomic mass is 10.2. The first-order valence-corrected chi connectivity index (χ1v) is 6.51. The topological polar surface area (TPSA) is 59.6 Å². The van der Waals surface area contributed by atoms with Crippen LogP contribution in [0.2, 0.25) is 0 Å². The lowest BCUT2D eigenvalue weighted by Gasteiger charge is -2.08. The molecule has 0 atom stereocenters. The summed E-state index contributed by atoms with van der Waals surface area (Å²) in [4.78, 5) is 0. The highest BCUT2D eigenvalue weighted by atomic mass is 32.1. The summed E-state index contributed by atoms with van der Waals surface area (Å²) in [5.74, 6) is 0.754. The molecule has 0 fully saturated rings. The van der Waals surface area contributed by atoms with Gasteiger partial charge in [0, 0.05) is 5.56 Å². The average molecular weight is 285 g/mol.